The zero-order valence-corrected chi connectivity index (χ0v) is 44.9. The summed E-state index contributed by atoms with van der Waals surface area (Å²) in [4.78, 5) is 2.72. The maximum absolute atomic E-state index is 6.97. The molecular formula is C64H74BBrS2. The lowest BCUT2D eigenvalue weighted by Crippen LogP contribution is -2.32. The van der Waals surface area contributed by atoms with Gasteiger partial charge in [-0.1, -0.05) is 213 Å². The smallest absolute Gasteiger partial charge is 0.128 e. The number of hydrogen-bond acceptors (Lipinski definition) is 2. The molecule has 9 rings (SSSR count). The van der Waals surface area contributed by atoms with Crippen molar-refractivity contribution in [2.45, 2.75) is 180 Å². The van der Waals surface area contributed by atoms with Crippen LogP contribution in [0.15, 0.2) is 124 Å². The zero-order valence-electron chi connectivity index (χ0n) is 41.7. The number of unbranched alkanes of at least 4 members (excludes halogenated alkanes) is 12. The molecule has 3 aliphatic carbocycles. The fourth-order valence-corrected chi connectivity index (χ4v) is 15.0. The molecule has 0 N–H and O–H groups in total. The number of halogens is 1. The second-order valence-electron chi connectivity index (χ2n) is 20.5. The second kappa shape index (κ2) is 22.6. The predicted molar refractivity (Wildman–Crippen MR) is 302 cm³/mol. The van der Waals surface area contributed by atoms with Gasteiger partial charge in [0, 0.05) is 9.75 Å². The first-order valence-corrected chi connectivity index (χ1v) is 29.4. The minimum atomic E-state index is -0.487. The summed E-state index contributed by atoms with van der Waals surface area (Å²) < 4.78 is 2.09. The van der Waals surface area contributed by atoms with Crippen LogP contribution < -0.4 is 4.78 Å². The van der Waals surface area contributed by atoms with Crippen LogP contribution in [-0.2, 0) is 30.1 Å². The molecule has 1 atom stereocenters. The number of aryl methyl sites for hydroxylation is 3. The largest absolute Gasteiger partial charge is 0.151 e. The van der Waals surface area contributed by atoms with E-state index >= 15 is 0 Å². The first kappa shape index (κ1) is 49.3. The molecule has 1 unspecified atom stereocenters. The quantitative estimate of drug-likeness (QED) is 0.0418. The van der Waals surface area contributed by atoms with Gasteiger partial charge in [0.25, 0.3) is 0 Å². The molecule has 2 radical (unpaired) electrons. The molecule has 68 heavy (non-hydrogen) atoms. The van der Waals surface area contributed by atoms with Gasteiger partial charge in [-0.25, -0.2) is 0 Å². The Hall–Kier alpha value is -3.70. The highest BCUT2D eigenvalue weighted by Crippen LogP contribution is 2.65. The lowest BCUT2D eigenvalue weighted by Gasteiger charge is -2.38. The van der Waals surface area contributed by atoms with Crippen LogP contribution in [0.2, 0.25) is 0 Å². The molecule has 2 aromatic heterocycles. The van der Waals surface area contributed by atoms with E-state index in [9.17, 15) is 0 Å². The van der Waals surface area contributed by atoms with Crippen LogP contribution in [0.3, 0.4) is 0 Å². The summed E-state index contributed by atoms with van der Waals surface area (Å²) in [6, 6.07) is 39.8. The van der Waals surface area contributed by atoms with Crippen molar-refractivity contribution in [3.63, 3.8) is 0 Å². The van der Waals surface area contributed by atoms with Gasteiger partial charge in [-0.15, -0.1) is 11.3 Å². The summed E-state index contributed by atoms with van der Waals surface area (Å²) in [5.41, 5.74) is 18.9. The van der Waals surface area contributed by atoms with Crippen LogP contribution in [0, 0.1) is 0 Å². The minimum absolute atomic E-state index is 0.453. The average Bonchev–Trinajstić information content (AvgIpc) is 4.08. The normalized spacial score (nSPS) is 16.6. The SMILES string of the molecule is [B]c1cc2c(s1)-c1cc3c(cc1C2(C1=CC=C(CCCCCC)CC1)c1ccc(CCCCCC)cc1)C(c1ccc(CCCCCC)cc1)(c1ccc(CCCCCC)cc1)c1cc(Br)sc1-3. The standard InChI is InChI=1S/C64H74BBrS2/c1-5-9-13-17-21-45-25-33-49(34-26-45)63(50-35-27-46(28-36-50)22-18-14-10-6-2)55-42-56-54(41-53(55)61-57(63)43-59(65)67-61)62-58(44-60(66)68-62)64(56,51-37-29-47(30-38-51)23-19-15-11-7-3)52-39-31-48(32-40-52)24-20-16-12-8-4/h25-27,29-35,37-44H,5-24,28,36H2,1-4H3. The fraction of sp³-hybridized carbons (Fsp3) is 0.438. The van der Waals surface area contributed by atoms with Gasteiger partial charge in [0.2, 0.25) is 0 Å². The third kappa shape index (κ3) is 9.58. The molecule has 0 spiro atoms. The number of allylic oxidation sites excluding steroid dienone is 4. The first-order chi connectivity index (χ1) is 33.4. The van der Waals surface area contributed by atoms with Crippen molar-refractivity contribution in [2.24, 2.45) is 0 Å². The molecule has 0 aliphatic heterocycles. The molecule has 0 amide bonds. The Kier molecular flexibility index (Phi) is 16.4. The molecule has 0 fully saturated rings. The molecule has 0 nitrogen and oxygen atoms in total. The molecule has 4 heteroatoms. The number of hydrogen-bond donors (Lipinski definition) is 0. The summed E-state index contributed by atoms with van der Waals surface area (Å²) in [5.74, 6) is 0. The monoisotopic (exact) mass is 996 g/mol. The van der Waals surface area contributed by atoms with Crippen molar-refractivity contribution in [1.82, 2.24) is 0 Å². The number of rotatable bonds is 24. The predicted octanol–water partition coefficient (Wildman–Crippen LogP) is 19.0. The van der Waals surface area contributed by atoms with Gasteiger partial charge < -0.3 is 0 Å². The van der Waals surface area contributed by atoms with Crippen LogP contribution in [0.1, 0.15) is 205 Å². The number of thiophene rings is 2. The van der Waals surface area contributed by atoms with Gasteiger partial charge in [-0.3, -0.25) is 0 Å². The Bertz CT molecular complexity index is 2630. The van der Waals surface area contributed by atoms with Gasteiger partial charge in [-0.2, -0.15) is 11.3 Å². The molecule has 6 aromatic rings. The van der Waals surface area contributed by atoms with E-state index in [1.54, 1.807) is 16.9 Å². The number of fused-ring (bicyclic) bond motifs is 6. The lowest BCUT2D eigenvalue weighted by atomic mass is 9.63. The van der Waals surface area contributed by atoms with Crippen LogP contribution in [0.5, 0.6) is 0 Å². The summed E-state index contributed by atoms with van der Waals surface area (Å²) in [7, 11) is 6.97. The third-order valence-electron chi connectivity index (χ3n) is 15.9. The fourth-order valence-electron chi connectivity index (χ4n) is 12.3. The van der Waals surface area contributed by atoms with Gasteiger partial charge in [0.15, 0.2) is 0 Å². The Labute approximate surface area is 428 Å². The van der Waals surface area contributed by atoms with E-state index in [4.69, 9.17) is 7.85 Å². The summed E-state index contributed by atoms with van der Waals surface area (Å²) in [6.07, 6.45) is 32.4. The summed E-state index contributed by atoms with van der Waals surface area (Å²) in [6.45, 7) is 9.23. The van der Waals surface area contributed by atoms with Crippen molar-refractivity contribution >= 4 is 51.2 Å². The Morgan fingerprint density at radius 1 is 0.441 bits per heavy atom. The topological polar surface area (TPSA) is 0 Å². The van der Waals surface area contributed by atoms with Crippen molar-refractivity contribution < 1.29 is 0 Å². The van der Waals surface area contributed by atoms with Crippen molar-refractivity contribution in [1.29, 1.82) is 0 Å². The van der Waals surface area contributed by atoms with Crippen molar-refractivity contribution in [2.75, 3.05) is 0 Å². The Morgan fingerprint density at radius 2 is 0.882 bits per heavy atom. The van der Waals surface area contributed by atoms with E-state index in [2.05, 4.69) is 153 Å². The maximum Gasteiger partial charge on any atom is 0.128 e. The van der Waals surface area contributed by atoms with Gasteiger partial charge in [-0.05, 0) is 164 Å². The summed E-state index contributed by atoms with van der Waals surface area (Å²) >= 11 is 7.75. The van der Waals surface area contributed by atoms with Gasteiger partial charge >= 0.3 is 0 Å². The molecule has 0 saturated heterocycles. The Morgan fingerprint density at radius 3 is 1.35 bits per heavy atom. The van der Waals surface area contributed by atoms with Gasteiger partial charge in [0.05, 0.1) is 14.6 Å². The van der Waals surface area contributed by atoms with Crippen LogP contribution in [0.25, 0.3) is 20.9 Å². The third-order valence-corrected chi connectivity index (χ3v) is 18.6. The molecular weight excluding hydrogens is 924 g/mol. The molecule has 352 valence electrons. The van der Waals surface area contributed by atoms with Gasteiger partial charge in [0.1, 0.15) is 7.85 Å². The van der Waals surface area contributed by atoms with E-state index in [0.717, 1.165) is 36.9 Å². The Balaban J connectivity index is 1.25. The van der Waals surface area contributed by atoms with Crippen LogP contribution in [-0.4, -0.2) is 7.85 Å². The first-order valence-electron chi connectivity index (χ1n) is 26.9. The highest BCUT2D eigenvalue weighted by Gasteiger charge is 2.53. The van der Waals surface area contributed by atoms with Crippen molar-refractivity contribution in [3.05, 3.63) is 180 Å². The van der Waals surface area contributed by atoms with E-state index in [1.807, 2.05) is 11.3 Å². The summed E-state index contributed by atoms with van der Waals surface area (Å²) in [5, 5.41) is 0. The maximum atomic E-state index is 6.97. The molecule has 0 bridgehead atoms. The zero-order chi connectivity index (χ0) is 47.1. The number of benzene rings is 4. The van der Waals surface area contributed by atoms with Crippen molar-refractivity contribution in [3.8, 4) is 20.9 Å². The van der Waals surface area contributed by atoms with E-state index in [1.165, 1.54) is 195 Å². The molecule has 2 heterocycles. The average molecular weight is 998 g/mol. The molecule has 0 saturated carbocycles. The van der Waals surface area contributed by atoms with E-state index in [0.29, 0.717) is 0 Å². The lowest BCUT2D eigenvalue weighted by molar-refractivity contribution is 0.635. The highest BCUT2D eigenvalue weighted by molar-refractivity contribution is 9.11. The highest BCUT2D eigenvalue weighted by atomic mass is 79.9. The second-order valence-corrected chi connectivity index (χ2v) is 24.0. The molecule has 3 aliphatic rings. The van der Waals surface area contributed by atoms with E-state index < -0.39 is 10.8 Å². The molecule has 4 aromatic carbocycles. The van der Waals surface area contributed by atoms with Crippen LogP contribution >= 0.6 is 38.6 Å². The van der Waals surface area contributed by atoms with Crippen LogP contribution in [0.4, 0.5) is 0 Å². The minimum Gasteiger partial charge on any atom is -0.151 e. The van der Waals surface area contributed by atoms with E-state index in [-0.39, 0.29) is 0 Å².